The zero-order valence-corrected chi connectivity index (χ0v) is 13.9. The molecular formula is C15H12BrClN2S. The topological polar surface area (TPSA) is 24.9 Å². The van der Waals surface area contributed by atoms with Crippen LogP contribution in [-0.4, -0.2) is 4.98 Å². The molecule has 0 aliphatic carbocycles. The van der Waals surface area contributed by atoms with E-state index in [9.17, 15) is 0 Å². The first-order valence-corrected chi connectivity index (χ1v) is 8.21. The fourth-order valence-electron chi connectivity index (χ4n) is 2.18. The molecule has 0 radical (unpaired) electrons. The lowest BCUT2D eigenvalue weighted by molar-refractivity contribution is 1.19. The number of nitrogens with one attached hydrogen (secondary N) is 1. The molecule has 2 aromatic heterocycles. The molecule has 0 atom stereocenters. The van der Waals surface area contributed by atoms with Crippen LogP contribution in [0.15, 0.2) is 40.3 Å². The average molecular weight is 368 g/mol. The highest BCUT2D eigenvalue weighted by molar-refractivity contribution is 9.10. The summed E-state index contributed by atoms with van der Waals surface area (Å²) in [5.74, 6) is 0. The van der Waals surface area contributed by atoms with Gasteiger partial charge in [0.2, 0.25) is 0 Å². The molecule has 0 amide bonds. The number of aryl methyl sites for hydroxylation is 1. The highest BCUT2D eigenvalue weighted by atomic mass is 79.9. The van der Waals surface area contributed by atoms with Gasteiger partial charge < -0.3 is 5.32 Å². The molecule has 0 saturated carbocycles. The summed E-state index contributed by atoms with van der Waals surface area (Å²) in [6.07, 6.45) is 1.81. The number of pyridine rings is 1. The van der Waals surface area contributed by atoms with Crippen LogP contribution in [0, 0.1) is 6.92 Å². The molecular weight excluding hydrogens is 356 g/mol. The first kappa shape index (κ1) is 13.9. The summed E-state index contributed by atoms with van der Waals surface area (Å²) < 4.78 is 1.13. The summed E-state index contributed by atoms with van der Waals surface area (Å²) in [7, 11) is 0. The van der Waals surface area contributed by atoms with Gasteiger partial charge in [0.15, 0.2) is 0 Å². The summed E-state index contributed by atoms with van der Waals surface area (Å²) in [6.45, 7) is 2.77. The van der Waals surface area contributed by atoms with Gasteiger partial charge in [0, 0.05) is 20.9 Å². The van der Waals surface area contributed by atoms with E-state index in [0.29, 0.717) is 0 Å². The minimum absolute atomic E-state index is 0.732. The van der Waals surface area contributed by atoms with Crippen molar-refractivity contribution in [3.63, 3.8) is 0 Å². The molecule has 3 aromatic rings. The Hall–Kier alpha value is -1.10. The van der Waals surface area contributed by atoms with Gasteiger partial charge in [-0.15, -0.1) is 11.3 Å². The molecule has 1 aromatic carbocycles. The second kappa shape index (κ2) is 5.72. The average Bonchev–Trinajstić information content (AvgIpc) is 2.84. The van der Waals surface area contributed by atoms with Crippen molar-refractivity contribution in [3.8, 4) is 0 Å². The third kappa shape index (κ3) is 2.55. The number of aromatic nitrogens is 1. The highest BCUT2D eigenvalue weighted by Crippen LogP contribution is 2.33. The Balaban J connectivity index is 2.01. The number of anilines is 1. The normalized spacial score (nSPS) is 10.9. The largest absolute Gasteiger partial charge is 0.378 e. The maximum absolute atomic E-state index is 6.39. The number of halogens is 2. The van der Waals surface area contributed by atoms with Crippen molar-refractivity contribution in [1.82, 2.24) is 4.98 Å². The fourth-order valence-corrected chi connectivity index (χ4v) is 3.94. The second-order valence-electron chi connectivity index (χ2n) is 4.50. The van der Waals surface area contributed by atoms with Gasteiger partial charge >= 0.3 is 0 Å². The Labute approximate surface area is 134 Å². The van der Waals surface area contributed by atoms with E-state index in [1.165, 1.54) is 4.88 Å². The lowest BCUT2D eigenvalue weighted by Crippen LogP contribution is -2.00. The summed E-state index contributed by atoms with van der Waals surface area (Å²) in [5, 5.41) is 7.29. The van der Waals surface area contributed by atoms with Crippen molar-refractivity contribution in [2.24, 2.45) is 0 Å². The molecule has 5 heteroatoms. The van der Waals surface area contributed by atoms with Gasteiger partial charge in [-0.1, -0.05) is 11.6 Å². The van der Waals surface area contributed by atoms with Gasteiger partial charge in [0.25, 0.3) is 0 Å². The number of thiophene rings is 1. The molecule has 0 spiro atoms. The smallest absolute Gasteiger partial charge is 0.0752 e. The van der Waals surface area contributed by atoms with Crippen LogP contribution in [0.2, 0.25) is 5.02 Å². The van der Waals surface area contributed by atoms with Crippen LogP contribution in [0.5, 0.6) is 0 Å². The summed E-state index contributed by atoms with van der Waals surface area (Å²) in [4.78, 5) is 5.69. The van der Waals surface area contributed by atoms with Crippen LogP contribution < -0.4 is 5.32 Å². The molecule has 0 unspecified atom stereocenters. The van der Waals surface area contributed by atoms with Crippen molar-refractivity contribution in [1.29, 1.82) is 0 Å². The molecule has 1 N–H and O–H groups in total. The number of benzene rings is 1. The van der Waals surface area contributed by atoms with E-state index in [1.807, 2.05) is 31.3 Å². The van der Waals surface area contributed by atoms with Crippen LogP contribution in [0.1, 0.15) is 10.4 Å². The Kier molecular flexibility index (Phi) is 3.96. The SMILES string of the molecule is Cc1cc(Cl)c(NCc2sccc2Br)c2cccnc12. The molecule has 0 aliphatic rings. The molecule has 2 heterocycles. The van der Waals surface area contributed by atoms with Crippen molar-refractivity contribution in [2.75, 3.05) is 5.32 Å². The monoisotopic (exact) mass is 366 g/mol. The van der Waals surface area contributed by atoms with E-state index in [2.05, 4.69) is 37.7 Å². The van der Waals surface area contributed by atoms with Crippen molar-refractivity contribution >= 4 is 55.5 Å². The zero-order valence-electron chi connectivity index (χ0n) is 10.8. The molecule has 0 bridgehead atoms. The molecule has 0 fully saturated rings. The lowest BCUT2D eigenvalue weighted by Gasteiger charge is -2.12. The first-order chi connectivity index (χ1) is 9.66. The zero-order chi connectivity index (χ0) is 14.1. The number of hydrogen-bond donors (Lipinski definition) is 1. The molecule has 20 heavy (non-hydrogen) atoms. The Morgan fingerprint density at radius 3 is 3.00 bits per heavy atom. The number of hydrogen-bond acceptors (Lipinski definition) is 3. The maximum Gasteiger partial charge on any atom is 0.0752 e. The van der Waals surface area contributed by atoms with E-state index in [1.54, 1.807) is 11.3 Å². The van der Waals surface area contributed by atoms with Crippen LogP contribution in [0.25, 0.3) is 10.9 Å². The minimum Gasteiger partial charge on any atom is -0.378 e. The highest BCUT2D eigenvalue weighted by Gasteiger charge is 2.10. The van der Waals surface area contributed by atoms with E-state index in [4.69, 9.17) is 11.6 Å². The number of fused-ring (bicyclic) bond motifs is 1. The van der Waals surface area contributed by atoms with Gasteiger partial charge in [0.05, 0.1) is 22.8 Å². The Bertz CT molecular complexity index is 770. The summed E-state index contributed by atoms with van der Waals surface area (Å²) in [6, 6.07) is 8.00. The van der Waals surface area contributed by atoms with Crippen LogP contribution >= 0.6 is 38.9 Å². The third-order valence-electron chi connectivity index (χ3n) is 3.15. The van der Waals surface area contributed by atoms with Gasteiger partial charge in [0.1, 0.15) is 0 Å². The van der Waals surface area contributed by atoms with Crippen LogP contribution in [-0.2, 0) is 6.54 Å². The third-order valence-corrected chi connectivity index (χ3v) is 5.37. The Morgan fingerprint density at radius 1 is 1.40 bits per heavy atom. The maximum atomic E-state index is 6.39. The fraction of sp³-hybridized carbons (Fsp3) is 0.133. The van der Waals surface area contributed by atoms with Crippen LogP contribution in [0.3, 0.4) is 0 Å². The number of rotatable bonds is 3. The number of nitrogens with zero attached hydrogens (tertiary/aromatic N) is 1. The predicted octanol–water partition coefficient (Wildman–Crippen LogP) is 5.63. The van der Waals surface area contributed by atoms with Crippen molar-refractivity contribution < 1.29 is 0 Å². The van der Waals surface area contributed by atoms with Crippen LogP contribution in [0.4, 0.5) is 5.69 Å². The lowest BCUT2D eigenvalue weighted by atomic mass is 10.1. The molecule has 102 valence electrons. The molecule has 2 nitrogen and oxygen atoms in total. The van der Waals surface area contributed by atoms with E-state index in [0.717, 1.165) is 38.2 Å². The minimum atomic E-state index is 0.732. The molecule has 0 aliphatic heterocycles. The standard InChI is InChI=1S/C15H12BrClN2S/c1-9-7-12(17)15(10-3-2-5-18-14(9)10)19-8-13-11(16)4-6-20-13/h2-7,19H,8H2,1H3. The quantitative estimate of drug-likeness (QED) is 0.648. The van der Waals surface area contributed by atoms with E-state index < -0.39 is 0 Å². The summed E-state index contributed by atoms with van der Waals surface area (Å²) in [5.41, 5.74) is 3.03. The van der Waals surface area contributed by atoms with Gasteiger partial charge in [-0.25, -0.2) is 0 Å². The molecule has 3 rings (SSSR count). The Morgan fingerprint density at radius 2 is 2.25 bits per heavy atom. The summed E-state index contributed by atoms with van der Waals surface area (Å²) >= 11 is 11.6. The predicted molar refractivity (Wildman–Crippen MR) is 90.8 cm³/mol. The molecule has 0 saturated heterocycles. The second-order valence-corrected chi connectivity index (χ2v) is 6.76. The first-order valence-electron chi connectivity index (χ1n) is 6.16. The van der Waals surface area contributed by atoms with Crippen molar-refractivity contribution in [2.45, 2.75) is 13.5 Å². The van der Waals surface area contributed by atoms with E-state index >= 15 is 0 Å². The van der Waals surface area contributed by atoms with Gasteiger partial charge in [-0.3, -0.25) is 4.98 Å². The van der Waals surface area contributed by atoms with Crippen molar-refractivity contribution in [3.05, 3.63) is 55.8 Å². The van der Waals surface area contributed by atoms with Gasteiger partial charge in [-0.2, -0.15) is 0 Å². The van der Waals surface area contributed by atoms with Gasteiger partial charge in [-0.05, 0) is 58.1 Å². The van der Waals surface area contributed by atoms with E-state index in [-0.39, 0.29) is 0 Å².